The fourth-order valence-corrected chi connectivity index (χ4v) is 3.80. The highest BCUT2D eigenvalue weighted by molar-refractivity contribution is 5.96. The third-order valence-corrected chi connectivity index (χ3v) is 5.30. The third kappa shape index (κ3) is 4.52. The van der Waals surface area contributed by atoms with Gasteiger partial charge >= 0.3 is 12.1 Å². The van der Waals surface area contributed by atoms with E-state index in [2.05, 4.69) is 10.6 Å². The van der Waals surface area contributed by atoms with Crippen molar-refractivity contribution in [2.45, 2.75) is 5.92 Å². The van der Waals surface area contributed by atoms with E-state index in [9.17, 15) is 23.2 Å². The largest absolute Gasteiger partial charge is 0.478 e. The highest BCUT2D eigenvalue weighted by Crippen LogP contribution is 2.44. The number of carboxylic acids is 1. The summed E-state index contributed by atoms with van der Waals surface area (Å²) in [5.74, 6) is -5.02. The predicted octanol–water partition coefficient (Wildman–Crippen LogP) is 4.14. The highest BCUT2D eigenvalue weighted by atomic mass is 19.1. The summed E-state index contributed by atoms with van der Waals surface area (Å²) in [6, 6.07) is 16.7. The molecule has 0 atom stereocenters. The number of hydrogen-bond donors (Lipinski definition) is 3. The van der Waals surface area contributed by atoms with Gasteiger partial charge in [0.15, 0.2) is 0 Å². The average molecular weight is 452 g/mol. The third-order valence-electron chi connectivity index (χ3n) is 5.30. The van der Waals surface area contributed by atoms with Gasteiger partial charge in [0.2, 0.25) is 5.91 Å². The van der Waals surface area contributed by atoms with Crippen LogP contribution in [0.2, 0.25) is 0 Å². The Morgan fingerprint density at radius 1 is 0.909 bits per heavy atom. The number of anilines is 1. The van der Waals surface area contributed by atoms with E-state index in [0.717, 1.165) is 22.3 Å². The smallest absolute Gasteiger partial charge is 0.407 e. The van der Waals surface area contributed by atoms with Gasteiger partial charge in [-0.2, -0.15) is 0 Å². The van der Waals surface area contributed by atoms with Crippen LogP contribution in [0.1, 0.15) is 27.4 Å². The molecule has 0 radical (unpaired) electrons. The molecule has 2 amide bonds. The number of fused-ring (bicyclic) bond motifs is 3. The molecule has 0 spiro atoms. The molecule has 3 aromatic rings. The summed E-state index contributed by atoms with van der Waals surface area (Å²) in [5, 5.41) is 13.3. The molecule has 3 N–H and O–H groups in total. The van der Waals surface area contributed by atoms with Gasteiger partial charge < -0.3 is 20.5 Å². The molecular weight excluding hydrogens is 434 g/mol. The second-order valence-corrected chi connectivity index (χ2v) is 7.34. The number of amides is 2. The minimum Gasteiger partial charge on any atom is -0.478 e. The van der Waals surface area contributed by atoms with Crippen LogP contribution in [0.5, 0.6) is 0 Å². The topological polar surface area (TPSA) is 105 Å². The van der Waals surface area contributed by atoms with Gasteiger partial charge in [0.25, 0.3) is 0 Å². The van der Waals surface area contributed by atoms with Crippen LogP contribution in [0.15, 0.2) is 60.7 Å². The Morgan fingerprint density at radius 3 is 2.12 bits per heavy atom. The van der Waals surface area contributed by atoms with Crippen molar-refractivity contribution in [1.82, 2.24) is 5.32 Å². The summed E-state index contributed by atoms with van der Waals surface area (Å²) >= 11 is 0. The Labute approximate surface area is 187 Å². The fraction of sp³-hybridized carbons (Fsp3) is 0.125. The van der Waals surface area contributed by atoms with E-state index >= 15 is 0 Å². The van der Waals surface area contributed by atoms with Crippen molar-refractivity contribution in [3.05, 3.63) is 89.0 Å². The summed E-state index contributed by atoms with van der Waals surface area (Å²) < 4.78 is 32.6. The van der Waals surface area contributed by atoms with Crippen LogP contribution in [-0.2, 0) is 9.53 Å². The van der Waals surface area contributed by atoms with Crippen molar-refractivity contribution >= 4 is 23.7 Å². The second-order valence-electron chi connectivity index (χ2n) is 7.34. The maximum atomic E-state index is 13.8. The van der Waals surface area contributed by atoms with E-state index in [1.165, 1.54) is 0 Å². The lowest BCUT2D eigenvalue weighted by Gasteiger charge is -2.14. The van der Waals surface area contributed by atoms with Gasteiger partial charge in [-0.25, -0.2) is 18.4 Å². The van der Waals surface area contributed by atoms with Crippen LogP contribution in [0.3, 0.4) is 0 Å². The van der Waals surface area contributed by atoms with E-state index in [-0.39, 0.29) is 12.5 Å². The molecule has 0 bridgehead atoms. The first-order valence-corrected chi connectivity index (χ1v) is 9.96. The number of hydrogen-bond acceptors (Lipinski definition) is 4. The maximum absolute atomic E-state index is 13.8. The Kier molecular flexibility index (Phi) is 6.03. The summed E-state index contributed by atoms with van der Waals surface area (Å²) in [7, 11) is 0. The van der Waals surface area contributed by atoms with Crippen LogP contribution < -0.4 is 10.6 Å². The average Bonchev–Trinajstić information content (AvgIpc) is 3.11. The van der Waals surface area contributed by atoms with Gasteiger partial charge in [-0.15, -0.1) is 0 Å². The summed E-state index contributed by atoms with van der Waals surface area (Å²) in [4.78, 5) is 35.1. The number of rotatable bonds is 6. The molecule has 7 nitrogen and oxygen atoms in total. The lowest BCUT2D eigenvalue weighted by molar-refractivity contribution is -0.115. The number of ether oxygens (including phenoxy) is 1. The monoisotopic (exact) mass is 452 g/mol. The van der Waals surface area contributed by atoms with Crippen LogP contribution >= 0.6 is 0 Å². The van der Waals surface area contributed by atoms with E-state index < -0.39 is 47.4 Å². The number of benzene rings is 3. The zero-order chi connectivity index (χ0) is 23.5. The van der Waals surface area contributed by atoms with Gasteiger partial charge in [-0.3, -0.25) is 4.79 Å². The van der Waals surface area contributed by atoms with E-state index in [4.69, 9.17) is 9.84 Å². The van der Waals surface area contributed by atoms with E-state index in [1.807, 2.05) is 48.5 Å². The molecule has 0 aliphatic heterocycles. The van der Waals surface area contributed by atoms with Crippen molar-refractivity contribution in [3.8, 4) is 11.1 Å². The number of carbonyl (C=O) groups excluding carboxylic acids is 2. The first-order chi connectivity index (χ1) is 15.8. The lowest BCUT2D eigenvalue weighted by atomic mass is 9.98. The highest BCUT2D eigenvalue weighted by Gasteiger charge is 2.29. The molecule has 4 rings (SSSR count). The normalized spacial score (nSPS) is 11.9. The molecule has 9 heteroatoms. The SMILES string of the molecule is O=C(CNC(=O)OCC1c2ccccc2-c2ccccc21)Nc1cc(C(=O)O)c(F)cc1F. The standard InChI is InChI=1S/C24H18F2N2O5/c25-19-10-20(26)21(9-17(19)23(30)31)28-22(29)11-27-24(32)33-12-18-15-7-3-1-5-13(15)14-6-2-4-8-16(14)18/h1-10,18H,11-12H2,(H,27,32)(H,28,29)(H,30,31). The Bertz CT molecular complexity index is 1220. The molecule has 0 aromatic heterocycles. The Hall–Kier alpha value is -4.27. The molecule has 1 aliphatic rings. The molecule has 0 heterocycles. The van der Waals surface area contributed by atoms with Crippen molar-refractivity contribution in [2.24, 2.45) is 0 Å². The van der Waals surface area contributed by atoms with Crippen LogP contribution in [0.25, 0.3) is 11.1 Å². The number of alkyl carbamates (subject to hydrolysis) is 1. The van der Waals surface area contributed by atoms with Crippen molar-refractivity contribution in [1.29, 1.82) is 0 Å². The number of aromatic carboxylic acids is 1. The summed E-state index contributed by atoms with van der Waals surface area (Å²) in [5.41, 5.74) is 2.90. The van der Waals surface area contributed by atoms with Crippen LogP contribution in [0.4, 0.5) is 19.3 Å². The van der Waals surface area contributed by atoms with E-state index in [0.29, 0.717) is 12.1 Å². The van der Waals surface area contributed by atoms with Gasteiger partial charge in [0.05, 0.1) is 11.3 Å². The number of carboxylic acid groups (broad SMARTS) is 1. The number of nitrogens with one attached hydrogen (secondary N) is 2. The van der Waals surface area contributed by atoms with Crippen LogP contribution in [0, 0.1) is 11.6 Å². The quantitative estimate of drug-likeness (QED) is 0.522. The van der Waals surface area contributed by atoms with Crippen LogP contribution in [-0.4, -0.2) is 36.2 Å². The van der Waals surface area contributed by atoms with Crippen molar-refractivity contribution < 1.29 is 33.0 Å². The van der Waals surface area contributed by atoms with E-state index in [1.54, 1.807) is 0 Å². The van der Waals surface area contributed by atoms with Crippen molar-refractivity contribution in [3.63, 3.8) is 0 Å². The Balaban J connectivity index is 1.34. The Morgan fingerprint density at radius 2 is 1.52 bits per heavy atom. The lowest BCUT2D eigenvalue weighted by Crippen LogP contribution is -2.34. The second kappa shape index (κ2) is 9.07. The summed E-state index contributed by atoms with van der Waals surface area (Å²) in [6.45, 7) is -0.508. The van der Waals surface area contributed by atoms with Gasteiger partial charge in [-0.05, 0) is 28.3 Å². The fourth-order valence-electron chi connectivity index (χ4n) is 3.80. The molecule has 0 saturated carbocycles. The number of carbonyl (C=O) groups is 3. The maximum Gasteiger partial charge on any atom is 0.407 e. The van der Waals surface area contributed by atoms with Crippen molar-refractivity contribution in [2.75, 3.05) is 18.5 Å². The minimum atomic E-state index is -1.61. The van der Waals surface area contributed by atoms with Gasteiger partial charge in [0.1, 0.15) is 24.8 Å². The molecule has 168 valence electrons. The molecular formula is C24H18F2N2O5. The predicted molar refractivity (Wildman–Crippen MR) is 115 cm³/mol. The van der Waals surface area contributed by atoms with Gasteiger partial charge in [0, 0.05) is 12.0 Å². The minimum absolute atomic E-state index is 0.0516. The van der Waals surface area contributed by atoms with Gasteiger partial charge in [-0.1, -0.05) is 48.5 Å². The summed E-state index contributed by atoms with van der Waals surface area (Å²) in [6.07, 6.45) is -0.849. The zero-order valence-corrected chi connectivity index (χ0v) is 17.1. The zero-order valence-electron chi connectivity index (χ0n) is 17.1. The molecule has 1 aliphatic carbocycles. The molecule has 0 unspecified atom stereocenters. The first-order valence-electron chi connectivity index (χ1n) is 9.96. The first kappa shape index (κ1) is 21.9. The number of halogens is 2. The molecule has 0 fully saturated rings. The molecule has 33 heavy (non-hydrogen) atoms. The molecule has 3 aromatic carbocycles. The molecule has 0 saturated heterocycles.